The van der Waals surface area contributed by atoms with Crippen molar-refractivity contribution < 1.29 is 4.79 Å². The Balaban J connectivity index is 2.18. The third kappa shape index (κ3) is 5.50. The second-order valence-electron chi connectivity index (χ2n) is 5.26. The molecule has 0 saturated carbocycles. The molecule has 1 aliphatic rings. The van der Waals surface area contributed by atoms with E-state index in [0.29, 0.717) is 12.3 Å². The second-order valence-corrected chi connectivity index (χ2v) is 5.26. The van der Waals surface area contributed by atoms with Gasteiger partial charge >= 0.3 is 0 Å². The van der Waals surface area contributed by atoms with Gasteiger partial charge in [-0.3, -0.25) is 9.69 Å². The van der Waals surface area contributed by atoms with Gasteiger partial charge in [0, 0.05) is 39.1 Å². The summed E-state index contributed by atoms with van der Waals surface area (Å²) in [6.45, 7) is 10.4. The molecule has 0 atom stereocenters. The first-order chi connectivity index (χ1) is 8.13. The molecule has 1 heterocycles. The highest BCUT2D eigenvalue weighted by molar-refractivity contribution is 5.76. The highest BCUT2D eigenvalue weighted by atomic mass is 16.2. The van der Waals surface area contributed by atoms with Crippen molar-refractivity contribution in [3.05, 3.63) is 0 Å². The quantitative estimate of drug-likeness (QED) is 0.747. The van der Waals surface area contributed by atoms with Crippen molar-refractivity contribution in [2.45, 2.75) is 26.7 Å². The molecule has 4 nitrogen and oxygen atoms in total. The van der Waals surface area contributed by atoms with Gasteiger partial charge in [0.25, 0.3) is 0 Å². The average Bonchev–Trinajstić information content (AvgIpc) is 2.34. The van der Waals surface area contributed by atoms with Crippen molar-refractivity contribution >= 4 is 5.91 Å². The van der Waals surface area contributed by atoms with E-state index < -0.39 is 0 Å². The van der Waals surface area contributed by atoms with E-state index in [-0.39, 0.29) is 0 Å². The van der Waals surface area contributed by atoms with Gasteiger partial charge in [-0.15, -0.1) is 0 Å². The largest absolute Gasteiger partial charge is 0.340 e. The van der Waals surface area contributed by atoms with Gasteiger partial charge in [-0.2, -0.15) is 0 Å². The van der Waals surface area contributed by atoms with Gasteiger partial charge in [-0.1, -0.05) is 13.8 Å². The van der Waals surface area contributed by atoms with E-state index in [9.17, 15) is 4.79 Å². The number of amides is 1. The van der Waals surface area contributed by atoms with Gasteiger partial charge in [0.05, 0.1) is 0 Å². The van der Waals surface area contributed by atoms with Gasteiger partial charge in [-0.05, 0) is 25.9 Å². The molecule has 0 bridgehead atoms. The zero-order valence-corrected chi connectivity index (χ0v) is 11.5. The zero-order chi connectivity index (χ0) is 12.7. The summed E-state index contributed by atoms with van der Waals surface area (Å²) in [5.41, 5.74) is 0. The molecule has 0 spiro atoms. The van der Waals surface area contributed by atoms with Crippen LogP contribution in [0.15, 0.2) is 0 Å². The monoisotopic (exact) mass is 241 g/mol. The number of nitrogens with one attached hydrogen (secondary N) is 1. The molecule has 1 aliphatic heterocycles. The number of carbonyl (C=O) groups excluding carboxylic acids is 1. The van der Waals surface area contributed by atoms with Gasteiger partial charge < -0.3 is 10.2 Å². The fourth-order valence-corrected chi connectivity index (χ4v) is 2.05. The standard InChI is InChI=1S/C13H27N3O/c1-12(2)5-7-15-8-10-16(11-9-15)13(17)4-6-14-3/h12,14H,4-11H2,1-3H3. The Morgan fingerprint density at radius 1 is 1.24 bits per heavy atom. The molecular weight excluding hydrogens is 214 g/mol. The van der Waals surface area contributed by atoms with Crippen molar-refractivity contribution in [2.75, 3.05) is 46.3 Å². The summed E-state index contributed by atoms with van der Waals surface area (Å²) in [5.74, 6) is 1.06. The molecule has 0 aromatic carbocycles. The first-order valence-electron chi connectivity index (χ1n) is 6.78. The Bertz CT molecular complexity index is 223. The lowest BCUT2D eigenvalue weighted by atomic mass is 10.1. The predicted octanol–water partition coefficient (Wildman–Crippen LogP) is 0.786. The van der Waals surface area contributed by atoms with Crippen LogP contribution in [-0.2, 0) is 4.79 Å². The molecule has 100 valence electrons. The van der Waals surface area contributed by atoms with Crippen LogP contribution in [0, 0.1) is 5.92 Å². The van der Waals surface area contributed by atoms with Crippen LogP contribution in [0.3, 0.4) is 0 Å². The number of nitrogens with zero attached hydrogens (tertiary/aromatic N) is 2. The van der Waals surface area contributed by atoms with E-state index >= 15 is 0 Å². The van der Waals surface area contributed by atoms with Gasteiger partial charge in [0.15, 0.2) is 0 Å². The fraction of sp³-hybridized carbons (Fsp3) is 0.923. The van der Waals surface area contributed by atoms with Crippen LogP contribution in [0.4, 0.5) is 0 Å². The molecule has 0 aliphatic carbocycles. The van der Waals surface area contributed by atoms with E-state index in [1.807, 2.05) is 11.9 Å². The van der Waals surface area contributed by atoms with E-state index in [1.165, 1.54) is 13.0 Å². The van der Waals surface area contributed by atoms with Crippen LogP contribution in [0.2, 0.25) is 0 Å². The topological polar surface area (TPSA) is 35.6 Å². The Labute approximate surface area is 105 Å². The number of piperazine rings is 1. The van der Waals surface area contributed by atoms with Crippen molar-refractivity contribution in [2.24, 2.45) is 5.92 Å². The molecule has 0 aromatic rings. The van der Waals surface area contributed by atoms with Crippen molar-refractivity contribution in [1.29, 1.82) is 0 Å². The van der Waals surface area contributed by atoms with Crippen molar-refractivity contribution in [3.63, 3.8) is 0 Å². The summed E-state index contributed by atoms with van der Waals surface area (Å²) < 4.78 is 0. The number of rotatable bonds is 6. The lowest BCUT2D eigenvalue weighted by molar-refractivity contribution is -0.132. The number of hydrogen-bond donors (Lipinski definition) is 1. The summed E-state index contributed by atoms with van der Waals surface area (Å²) in [5, 5.41) is 3.02. The fourth-order valence-electron chi connectivity index (χ4n) is 2.05. The Morgan fingerprint density at radius 3 is 2.41 bits per heavy atom. The first kappa shape index (κ1) is 14.5. The molecule has 0 unspecified atom stereocenters. The molecule has 4 heteroatoms. The smallest absolute Gasteiger partial charge is 0.223 e. The molecule has 1 rings (SSSR count). The van der Waals surface area contributed by atoms with Crippen LogP contribution < -0.4 is 5.32 Å². The molecule has 1 fully saturated rings. The summed E-state index contributed by atoms with van der Waals surface area (Å²) >= 11 is 0. The van der Waals surface area contributed by atoms with Gasteiger partial charge in [0.2, 0.25) is 5.91 Å². The first-order valence-corrected chi connectivity index (χ1v) is 6.78. The zero-order valence-electron chi connectivity index (χ0n) is 11.5. The normalized spacial score (nSPS) is 17.8. The van der Waals surface area contributed by atoms with Crippen molar-refractivity contribution in [1.82, 2.24) is 15.1 Å². The molecular formula is C13H27N3O. The third-order valence-corrected chi connectivity index (χ3v) is 3.34. The van der Waals surface area contributed by atoms with Crippen LogP contribution >= 0.6 is 0 Å². The minimum Gasteiger partial charge on any atom is -0.340 e. The SMILES string of the molecule is CNCCC(=O)N1CCN(CCC(C)C)CC1. The average molecular weight is 241 g/mol. The van der Waals surface area contributed by atoms with Crippen LogP contribution in [0.5, 0.6) is 0 Å². The van der Waals surface area contributed by atoms with Crippen LogP contribution in [-0.4, -0.2) is 62.0 Å². The maximum Gasteiger partial charge on any atom is 0.223 e. The lowest BCUT2D eigenvalue weighted by Crippen LogP contribution is -2.49. The van der Waals surface area contributed by atoms with E-state index in [4.69, 9.17) is 0 Å². The molecule has 0 radical (unpaired) electrons. The van der Waals surface area contributed by atoms with E-state index in [0.717, 1.165) is 38.6 Å². The predicted molar refractivity (Wildman–Crippen MR) is 71.0 cm³/mol. The Hall–Kier alpha value is -0.610. The Morgan fingerprint density at radius 2 is 1.88 bits per heavy atom. The minimum atomic E-state index is 0.294. The number of carbonyl (C=O) groups is 1. The van der Waals surface area contributed by atoms with Gasteiger partial charge in [0.1, 0.15) is 0 Å². The highest BCUT2D eigenvalue weighted by Gasteiger charge is 2.20. The third-order valence-electron chi connectivity index (χ3n) is 3.34. The molecule has 1 saturated heterocycles. The summed E-state index contributed by atoms with van der Waals surface area (Å²) in [7, 11) is 1.89. The van der Waals surface area contributed by atoms with Gasteiger partial charge in [-0.25, -0.2) is 0 Å². The van der Waals surface area contributed by atoms with Crippen molar-refractivity contribution in [3.8, 4) is 0 Å². The molecule has 17 heavy (non-hydrogen) atoms. The maximum atomic E-state index is 11.8. The summed E-state index contributed by atoms with van der Waals surface area (Å²) in [6, 6.07) is 0. The van der Waals surface area contributed by atoms with E-state index in [1.54, 1.807) is 0 Å². The Kier molecular flexibility index (Phi) is 6.52. The molecule has 1 N–H and O–H groups in total. The summed E-state index contributed by atoms with van der Waals surface area (Å²) in [4.78, 5) is 16.3. The second kappa shape index (κ2) is 7.67. The van der Waals surface area contributed by atoms with E-state index in [2.05, 4.69) is 24.1 Å². The highest BCUT2D eigenvalue weighted by Crippen LogP contribution is 2.07. The van der Waals surface area contributed by atoms with Crippen LogP contribution in [0.25, 0.3) is 0 Å². The maximum absolute atomic E-state index is 11.8. The molecule has 0 aromatic heterocycles. The lowest BCUT2D eigenvalue weighted by Gasteiger charge is -2.35. The van der Waals surface area contributed by atoms with Crippen LogP contribution in [0.1, 0.15) is 26.7 Å². The summed E-state index contributed by atoms with van der Waals surface area (Å²) in [6.07, 6.45) is 1.89. The molecule has 1 amide bonds. The minimum absolute atomic E-state index is 0.294. The number of hydrogen-bond acceptors (Lipinski definition) is 3.